The zero-order valence-electron chi connectivity index (χ0n) is 17.4. The third-order valence-corrected chi connectivity index (χ3v) is 8.24. The summed E-state index contributed by atoms with van der Waals surface area (Å²) in [6.45, 7) is 1.60. The summed E-state index contributed by atoms with van der Waals surface area (Å²) in [7, 11) is -1.07. The van der Waals surface area contributed by atoms with Crippen molar-refractivity contribution in [2.75, 3.05) is 0 Å². The number of aromatic nitrogens is 3. The molecule has 0 unspecified atom stereocenters. The predicted molar refractivity (Wildman–Crippen MR) is 118 cm³/mol. The summed E-state index contributed by atoms with van der Waals surface area (Å²) >= 11 is 3.27. The van der Waals surface area contributed by atoms with Crippen LogP contribution in [-0.2, 0) is 24.1 Å². The van der Waals surface area contributed by atoms with Gasteiger partial charge in [-0.05, 0) is 47.8 Å². The zero-order chi connectivity index (χ0) is 22.5. The standard InChI is InChI=1S/C20H23BrN4O5S/c1-11-17(18(22-30-11)12-7-5-4-6-8-12)19(26)23-31(28,29)16-10-15-14(9-13(16)21)24(2)20(27)25(15)3/h9-10,12H,4-8H2,1-3H3,(H,23,26). The van der Waals surface area contributed by atoms with Gasteiger partial charge in [0, 0.05) is 24.5 Å². The molecule has 166 valence electrons. The van der Waals surface area contributed by atoms with Gasteiger partial charge in [-0.15, -0.1) is 0 Å². The summed E-state index contributed by atoms with van der Waals surface area (Å²) in [6, 6.07) is 2.92. The highest BCUT2D eigenvalue weighted by Crippen LogP contribution is 2.35. The molecule has 3 aromatic rings. The van der Waals surface area contributed by atoms with Crippen molar-refractivity contribution < 1.29 is 17.7 Å². The first kappa shape index (κ1) is 21.8. The van der Waals surface area contributed by atoms with E-state index in [2.05, 4.69) is 25.8 Å². The summed E-state index contributed by atoms with van der Waals surface area (Å²) in [5, 5.41) is 4.07. The largest absolute Gasteiger partial charge is 0.361 e. The summed E-state index contributed by atoms with van der Waals surface area (Å²) < 4.78 is 36.6. The minimum absolute atomic E-state index is 0.0802. The predicted octanol–water partition coefficient (Wildman–Crippen LogP) is 3.10. The fourth-order valence-electron chi connectivity index (χ4n) is 4.25. The van der Waals surface area contributed by atoms with E-state index in [-0.39, 0.29) is 32.3 Å². The fourth-order valence-corrected chi connectivity index (χ4v) is 6.26. The molecule has 11 heteroatoms. The number of hydrogen-bond acceptors (Lipinski definition) is 6. The molecule has 1 aliphatic carbocycles. The van der Waals surface area contributed by atoms with E-state index in [1.54, 1.807) is 27.1 Å². The summed E-state index contributed by atoms with van der Waals surface area (Å²) in [5.41, 5.74) is 1.43. The van der Waals surface area contributed by atoms with Gasteiger partial charge in [-0.3, -0.25) is 13.9 Å². The van der Waals surface area contributed by atoms with Crippen LogP contribution in [0.5, 0.6) is 0 Å². The molecule has 1 aliphatic rings. The van der Waals surface area contributed by atoms with Crippen molar-refractivity contribution in [3.8, 4) is 0 Å². The fraction of sp³-hybridized carbons (Fsp3) is 0.450. The molecule has 1 fully saturated rings. The maximum Gasteiger partial charge on any atom is 0.328 e. The van der Waals surface area contributed by atoms with Crippen molar-refractivity contribution in [3.63, 3.8) is 0 Å². The van der Waals surface area contributed by atoms with Gasteiger partial charge >= 0.3 is 5.69 Å². The SMILES string of the molecule is Cc1onc(C2CCCCC2)c1C(=O)NS(=O)(=O)c1cc2c(cc1Br)n(C)c(=O)n2C. The lowest BCUT2D eigenvalue weighted by molar-refractivity contribution is 0.0978. The molecule has 0 atom stereocenters. The van der Waals surface area contributed by atoms with Crippen LogP contribution in [0.1, 0.15) is 59.8 Å². The van der Waals surface area contributed by atoms with Crippen molar-refractivity contribution in [3.05, 3.63) is 44.1 Å². The maximum atomic E-state index is 13.1. The topological polar surface area (TPSA) is 116 Å². The van der Waals surface area contributed by atoms with Gasteiger partial charge < -0.3 is 4.52 Å². The monoisotopic (exact) mass is 510 g/mol. The normalized spacial score (nSPS) is 15.5. The minimum Gasteiger partial charge on any atom is -0.361 e. The van der Waals surface area contributed by atoms with E-state index in [0.717, 1.165) is 32.1 Å². The van der Waals surface area contributed by atoms with Gasteiger partial charge in [0.15, 0.2) is 0 Å². The molecule has 1 saturated carbocycles. The first-order chi connectivity index (χ1) is 14.6. The van der Waals surface area contributed by atoms with Gasteiger partial charge in [-0.25, -0.2) is 17.9 Å². The van der Waals surface area contributed by atoms with Crippen molar-refractivity contribution >= 4 is 42.9 Å². The first-order valence-corrected chi connectivity index (χ1v) is 12.3. The highest BCUT2D eigenvalue weighted by Gasteiger charge is 2.31. The summed E-state index contributed by atoms with van der Waals surface area (Å²) in [5.74, 6) is -0.405. The van der Waals surface area contributed by atoms with Crippen LogP contribution in [0.4, 0.5) is 0 Å². The Labute approximate surface area is 187 Å². The van der Waals surface area contributed by atoms with E-state index in [1.165, 1.54) is 15.2 Å². The average molecular weight is 511 g/mol. The number of aryl methyl sites for hydroxylation is 3. The Morgan fingerprint density at radius 2 is 1.77 bits per heavy atom. The second-order valence-corrected chi connectivity index (χ2v) is 10.4. The molecule has 0 aliphatic heterocycles. The van der Waals surface area contributed by atoms with Crippen LogP contribution < -0.4 is 10.4 Å². The highest BCUT2D eigenvalue weighted by atomic mass is 79.9. The Bertz CT molecular complexity index is 1350. The Hall–Kier alpha value is -2.40. The minimum atomic E-state index is -4.23. The van der Waals surface area contributed by atoms with Crippen LogP contribution in [-0.4, -0.2) is 28.6 Å². The summed E-state index contributed by atoms with van der Waals surface area (Å²) in [4.78, 5) is 25.1. The molecule has 31 heavy (non-hydrogen) atoms. The molecule has 0 spiro atoms. The smallest absolute Gasteiger partial charge is 0.328 e. The third-order valence-electron chi connectivity index (χ3n) is 5.95. The van der Waals surface area contributed by atoms with Crippen LogP contribution in [0.2, 0.25) is 0 Å². The second-order valence-electron chi connectivity index (χ2n) is 7.94. The van der Waals surface area contributed by atoms with Crippen molar-refractivity contribution in [2.24, 2.45) is 14.1 Å². The van der Waals surface area contributed by atoms with Crippen molar-refractivity contribution in [1.29, 1.82) is 0 Å². The summed E-state index contributed by atoms with van der Waals surface area (Å²) in [6.07, 6.45) is 5.01. The molecule has 2 heterocycles. The number of nitrogens with zero attached hydrogens (tertiary/aromatic N) is 3. The van der Waals surface area contributed by atoms with E-state index >= 15 is 0 Å². The Morgan fingerprint density at radius 1 is 1.16 bits per heavy atom. The number of halogens is 1. The third kappa shape index (κ3) is 3.73. The van der Waals surface area contributed by atoms with Gasteiger partial charge in [0.05, 0.1) is 16.7 Å². The second kappa shape index (κ2) is 7.94. The van der Waals surface area contributed by atoms with Gasteiger partial charge in [-0.2, -0.15) is 0 Å². The Morgan fingerprint density at radius 3 is 2.42 bits per heavy atom. The highest BCUT2D eigenvalue weighted by molar-refractivity contribution is 9.10. The van der Waals surface area contributed by atoms with Crippen molar-refractivity contribution in [2.45, 2.75) is 49.8 Å². The lowest BCUT2D eigenvalue weighted by atomic mass is 9.85. The van der Waals surface area contributed by atoms with Crippen LogP contribution in [0.25, 0.3) is 11.0 Å². The molecule has 0 bridgehead atoms. The Kier molecular flexibility index (Phi) is 5.59. The molecule has 0 radical (unpaired) electrons. The van der Waals surface area contributed by atoms with E-state index in [9.17, 15) is 18.0 Å². The number of hydrogen-bond donors (Lipinski definition) is 1. The van der Waals surface area contributed by atoms with Crippen LogP contribution in [0.3, 0.4) is 0 Å². The number of fused-ring (bicyclic) bond motifs is 1. The molecule has 1 N–H and O–H groups in total. The van der Waals surface area contributed by atoms with Crippen molar-refractivity contribution in [1.82, 2.24) is 19.0 Å². The molecule has 2 aromatic heterocycles. The van der Waals surface area contributed by atoms with E-state index in [1.807, 2.05) is 0 Å². The number of benzene rings is 1. The maximum absolute atomic E-state index is 13.1. The lowest BCUT2D eigenvalue weighted by Gasteiger charge is -2.20. The molecule has 9 nitrogen and oxygen atoms in total. The van der Waals surface area contributed by atoms with E-state index in [4.69, 9.17) is 4.52 Å². The van der Waals surface area contributed by atoms with Gasteiger partial charge in [0.2, 0.25) is 0 Å². The molecule has 1 amide bonds. The molecule has 4 rings (SSSR count). The van der Waals surface area contributed by atoms with Crippen LogP contribution in [0, 0.1) is 6.92 Å². The first-order valence-electron chi connectivity index (χ1n) is 10.00. The molecular formula is C20H23BrN4O5S. The number of amides is 1. The van der Waals surface area contributed by atoms with Gasteiger partial charge in [0.25, 0.3) is 15.9 Å². The number of imidazole rings is 1. The Balaban J connectivity index is 1.71. The number of rotatable bonds is 4. The van der Waals surface area contributed by atoms with Crippen LogP contribution >= 0.6 is 15.9 Å². The molecule has 1 aromatic carbocycles. The van der Waals surface area contributed by atoms with Gasteiger partial charge in [-0.1, -0.05) is 24.4 Å². The van der Waals surface area contributed by atoms with E-state index in [0.29, 0.717) is 16.7 Å². The number of carbonyl (C=O) groups is 1. The number of sulfonamides is 1. The quantitative estimate of drug-likeness (QED) is 0.576. The lowest BCUT2D eigenvalue weighted by Crippen LogP contribution is -2.32. The number of carbonyl (C=O) groups excluding carboxylic acids is 1. The number of nitrogens with one attached hydrogen (secondary N) is 1. The van der Waals surface area contributed by atoms with E-state index < -0.39 is 15.9 Å². The average Bonchev–Trinajstić information content (AvgIpc) is 3.21. The zero-order valence-corrected chi connectivity index (χ0v) is 19.8. The molecule has 0 saturated heterocycles. The molecular weight excluding hydrogens is 488 g/mol. The van der Waals surface area contributed by atoms with Gasteiger partial charge in [0.1, 0.15) is 16.2 Å². The van der Waals surface area contributed by atoms with Crippen LogP contribution in [0.15, 0.2) is 30.8 Å².